The molecule has 174 valence electrons. The van der Waals surface area contributed by atoms with Crippen LogP contribution in [0.1, 0.15) is 16.1 Å². The molecule has 7 nitrogen and oxygen atoms in total. The van der Waals surface area contributed by atoms with E-state index in [1.54, 1.807) is 17.8 Å². The lowest BCUT2D eigenvalue weighted by molar-refractivity contribution is -0.121. The van der Waals surface area contributed by atoms with Gasteiger partial charge < -0.3 is 9.64 Å². The molecule has 0 saturated heterocycles. The van der Waals surface area contributed by atoms with Crippen molar-refractivity contribution in [1.29, 1.82) is 0 Å². The van der Waals surface area contributed by atoms with Crippen LogP contribution >= 0.6 is 11.3 Å². The second-order valence-electron chi connectivity index (χ2n) is 7.93. The van der Waals surface area contributed by atoms with E-state index in [-0.39, 0.29) is 12.5 Å². The third kappa shape index (κ3) is 4.43. The minimum absolute atomic E-state index is 0.327. The highest BCUT2D eigenvalue weighted by molar-refractivity contribution is 7.13. The molecule has 0 fully saturated rings. The van der Waals surface area contributed by atoms with Crippen molar-refractivity contribution in [2.45, 2.75) is 6.92 Å². The molecule has 5 aromatic rings. The highest BCUT2D eigenvalue weighted by atomic mass is 32.1. The van der Waals surface area contributed by atoms with Crippen molar-refractivity contribution in [3.8, 4) is 16.3 Å². The smallest absolute Gasteiger partial charge is 0.339 e. The Labute approximate surface area is 206 Å². The van der Waals surface area contributed by atoms with E-state index in [4.69, 9.17) is 9.72 Å². The number of benzene rings is 2. The van der Waals surface area contributed by atoms with Gasteiger partial charge >= 0.3 is 5.97 Å². The zero-order chi connectivity index (χ0) is 24.4. The van der Waals surface area contributed by atoms with E-state index in [2.05, 4.69) is 5.10 Å². The third-order valence-electron chi connectivity index (χ3n) is 5.65. The van der Waals surface area contributed by atoms with Gasteiger partial charge in [0.2, 0.25) is 0 Å². The summed E-state index contributed by atoms with van der Waals surface area (Å²) in [6.45, 7) is 1.45. The third-order valence-corrected chi connectivity index (χ3v) is 6.54. The Morgan fingerprint density at radius 2 is 1.71 bits per heavy atom. The molecule has 1 amide bonds. The fourth-order valence-electron chi connectivity index (χ4n) is 3.85. The summed E-state index contributed by atoms with van der Waals surface area (Å²) in [4.78, 5) is 33.2. The molecule has 0 N–H and O–H groups in total. The Morgan fingerprint density at radius 1 is 1.00 bits per heavy atom. The number of anilines is 1. The number of fused-ring (bicyclic) bond motifs is 1. The number of nitrogens with zero attached hydrogens (tertiary/aromatic N) is 4. The molecule has 0 atom stereocenters. The number of thiophene rings is 1. The Bertz CT molecular complexity index is 1500. The largest absolute Gasteiger partial charge is 0.452 e. The number of hydrogen-bond donors (Lipinski definition) is 0. The number of carbonyl (C=O) groups excluding carboxylic acids is 2. The maximum absolute atomic E-state index is 13.3. The molecular formula is C27H22N4O3S. The Balaban J connectivity index is 1.52. The average molecular weight is 483 g/mol. The van der Waals surface area contributed by atoms with Crippen LogP contribution in [0.2, 0.25) is 0 Å². The van der Waals surface area contributed by atoms with Gasteiger partial charge in [0.1, 0.15) is 0 Å². The van der Waals surface area contributed by atoms with Crippen molar-refractivity contribution < 1.29 is 14.3 Å². The van der Waals surface area contributed by atoms with Crippen LogP contribution in [0, 0.1) is 6.92 Å². The van der Waals surface area contributed by atoms with Gasteiger partial charge in [-0.2, -0.15) is 5.10 Å². The monoisotopic (exact) mass is 482 g/mol. The van der Waals surface area contributed by atoms with Crippen molar-refractivity contribution in [3.63, 3.8) is 0 Å². The van der Waals surface area contributed by atoms with Crippen LogP contribution in [0.4, 0.5) is 5.69 Å². The van der Waals surface area contributed by atoms with E-state index in [1.807, 2.05) is 85.1 Å². The summed E-state index contributed by atoms with van der Waals surface area (Å²) in [7, 11) is 1.65. The average Bonchev–Trinajstić information content (AvgIpc) is 3.56. The fraction of sp³-hybridized carbons (Fsp3) is 0.111. The summed E-state index contributed by atoms with van der Waals surface area (Å²) in [5.74, 6) is -0.925. The second-order valence-corrected chi connectivity index (χ2v) is 8.88. The number of aromatic nitrogens is 3. The van der Waals surface area contributed by atoms with E-state index in [9.17, 15) is 9.59 Å². The van der Waals surface area contributed by atoms with Crippen molar-refractivity contribution in [2.24, 2.45) is 0 Å². The maximum Gasteiger partial charge on any atom is 0.339 e. The molecular weight excluding hydrogens is 460 g/mol. The van der Waals surface area contributed by atoms with E-state index >= 15 is 0 Å². The minimum Gasteiger partial charge on any atom is -0.452 e. The number of ether oxygens (including phenoxy) is 1. The number of hydrogen-bond acceptors (Lipinski definition) is 6. The van der Waals surface area contributed by atoms with Crippen LogP contribution in [-0.2, 0) is 9.53 Å². The molecule has 3 aromatic heterocycles. The molecule has 3 heterocycles. The first-order valence-corrected chi connectivity index (χ1v) is 11.9. The normalized spacial score (nSPS) is 10.9. The molecule has 8 heteroatoms. The molecule has 0 aliphatic carbocycles. The number of rotatable bonds is 6. The van der Waals surface area contributed by atoms with Crippen LogP contribution in [0.3, 0.4) is 0 Å². The topological polar surface area (TPSA) is 77.3 Å². The fourth-order valence-corrected chi connectivity index (χ4v) is 4.53. The number of amides is 1. The summed E-state index contributed by atoms with van der Waals surface area (Å²) in [5, 5.41) is 7.22. The Morgan fingerprint density at radius 3 is 2.40 bits per heavy atom. The molecule has 0 aliphatic heterocycles. The highest BCUT2D eigenvalue weighted by Crippen LogP contribution is 2.31. The van der Waals surface area contributed by atoms with Gasteiger partial charge in [-0.05, 0) is 48.7 Å². The predicted molar refractivity (Wildman–Crippen MR) is 137 cm³/mol. The van der Waals surface area contributed by atoms with Gasteiger partial charge in [-0.25, -0.2) is 14.5 Å². The summed E-state index contributed by atoms with van der Waals surface area (Å²) in [6, 6.07) is 24.4. The second kappa shape index (κ2) is 9.52. The van der Waals surface area contributed by atoms with Crippen molar-refractivity contribution in [2.75, 3.05) is 18.6 Å². The van der Waals surface area contributed by atoms with Gasteiger partial charge in [0.05, 0.1) is 32.9 Å². The first kappa shape index (κ1) is 22.5. The van der Waals surface area contributed by atoms with Crippen LogP contribution < -0.4 is 4.90 Å². The lowest BCUT2D eigenvalue weighted by atomic mass is 10.1. The number of aryl methyl sites for hydroxylation is 1. The molecule has 0 radical (unpaired) electrons. The molecule has 0 unspecified atom stereocenters. The Hall–Kier alpha value is -4.30. The van der Waals surface area contributed by atoms with Crippen LogP contribution in [0.5, 0.6) is 0 Å². The first-order valence-electron chi connectivity index (χ1n) is 11.0. The van der Waals surface area contributed by atoms with Gasteiger partial charge in [0.25, 0.3) is 5.91 Å². The molecule has 2 aromatic carbocycles. The number of esters is 1. The lowest BCUT2D eigenvalue weighted by Crippen LogP contribution is -2.31. The van der Waals surface area contributed by atoms with Crippen LogP contribution in [0.25, 0.3) is 27.3 Å². The number of carbonyl (C=O) groups is 2. The van der Waals surface area contributed by atoms with Crippen LogP contribution in [-0.4, -0.2) is 40.3 Å². The number of pyridine rings is 1. The molecule has 0 aliphatic rings. The maximum atomic E-state index is 13.3. The summed E-state index contributed by atoms with van der Waals surface area (Å²) in [6.07, 6.45) is 0. The van der Waals surface area contributed by atoms with E-state index < -0.39 is 5.97 Å². The number of para-hydroxylation sites is 2. The zero-order valence-electron chi connectivity index (χ0n) is 19.2. The number of likely N-dealkylation sites (N-methyl/N-ethyl adjacent to an activating group) is 1. The molecule has 35 heavy (non-hydrogen) atoms. The SMILES string of the molecule is Cc1nn(-c2ccccc2)c2nc(-c3cccs3)cc(C(=O)OCC(=O)N(C)c3ccccc3)c12. The summed E-state index contributed by atoms with van der Waals surface area (Å²) in [5.41, 5.74) is 3.73. The first-order chi connectivity index (χ1) is 17.0. The summed E-state index contributed by atoms with van der Waals surface area (Å²) >= 11 is 1.53. The van der Waals surface area contributed by atoms with Crippen molar-refractivity contribution in [3.05, 3.63) is 95.5 Å². The Kier molecular flexibility index (Phi) is 6.12. The predicted octanol–water partition coefficient (Wildman–Crippen LogP) is 5.28. The van der Waals surface area contributed by atoms with E-state index in [1.165, 1.54) is 16.2 Å². The van der Waals surface area contributed by atoms with Gasteiger partial charge in [-0.15, -0.1) is 11.3 Å². The molecule has 0 bridgehead atoms. The van der Waals surface area contributed by atoms with E-state index in [0.717, 1.165) is 16.3 Å². The van der Waals surface area contributed by atoms with Crippen molar-refractivity contribution >= 4 is 39.9 Å². The lowest BCUT2D eigenvalue weighted by Gasteiger charge is -2.17. The quantitative estimate of drug-likeness (QED) is 0.308. The van der Waals surface area contributed by atoms with Gasteiger partial charge in [0.15, 0.2) is 12.3 Å². The zero-order valence-corrected chi connectivity index (χ0v) is 20.0. The molecule has 5 rings (SSSR count). The molecule has 0 saturated carbocycles. The van der Waals surface area contributed by atoms with Crippen molar-refractivity contribution in [1.82, 2.24) is 14.8 Å². The van der Waals surface area contributed by atoms with Gasteiger partial charge in [-0.3, -0.25) is 4.79 Å². The van der Waals surface area contributed by atoms with Gasteiger partial charge in [0, 0.05) is 12.7 Å². The van der Waals surface area contributed by atoms with Crippen LogP contribution in [0.15, 0.2) is 84.2 Å². The highest BCUT2D eigenvalue weighted by Gasteiger charge is 2.23. The molecule has 0 spiro atoms. The van der Waals surface area contributed by atoms with E-state index in [0.29, 0.717) is 28.0 Å². The minimum atomic E-state index is -0.597. The standard InChI is InChI=1S/C27H22N4O3S/c1-18-25-21(27(33)34-17-24(32)30(2)19-10-5-3-6-11-19)16-22(23-14-9-15-35-23)28-26(25)31(29-18)20-12-7-4-8-13-20/h3-16H,17H2,1-2H3. The summed E-state index contributed by atoms with van der Waals surface area (Å²) < 4.78 is 7.22. The van der Waals surface area contributed by atoms with Gasteiger partial charge in [-0.1, -0.05) is 42.5 Å².